The van der Waals surface area contributed by atoms with E-state index >= 15 is 4.79 Å². The Morgan fingerprint density at radius 1 is 0.806 bits per heavy atom. The maximum Gasteiger partial charge on any atom is 0.238 e. The number of amides is 5. The van der Waals surface area contributed by atoms with Crippen LogP contribution in [-0.2, 0) is 29.4 Å². The Morgan fingerprint density at radius 3 is 2.28 bits per heavy atom. The van der Waals surface area contributed by atoms with E-state index in [1.54, 1.807) is 6.20 Å². The summed E-state index contributed by atoms with van der Waals surface area (Å²) < 4.78 is 2.20. The molecular formula is C56H71N11O5. The van der Waals surface area contributed by atoms with Crippen molar-refractivity contribution in [1.82, 2.24) is 39.5 Å². The third-order valence-corrected chi connectivity index (χ3v) is 18.1. The second-order valence-electron chi connectivity index (χ2n) is 22.9. The number of nitrogens with one attached hydrogen (secondary N) is 2. The van der Waals surface area contributed by atoms with Gasteiger partial charge in [0.25, 0.3) is 0 Å². The Balaban J connectivity index is 0.704. The summed E-state index contributed by atoms with van der Waals surface area (Å²) >= 11 is 0. The average Bonchev–Trinajstić information content (AvgIpc) is 4.05. The molecule has 16 nitrogen and oxygen atoms in total. The maximum absolute atomic E-state index is 15.3. The SMILES string of the molecule is CC(C)n1cnc2cc(-c3ccc4c(c3)N(C3CC(N5CCCCC5)C3)C(=O)C43CCN(C(=O)[C@H]4CCN(C(=O)C5CCN(c6ccc(C7CCC(=O)NC7=O)cn6)CC5)C[C@H]4C)CC3)nc(NC3CC3)c21. The van der Waals surface area contributed by atoms with E-state index in [0.717, 1.165) is 102 Å². The van der Waals surface area contributed by atoms with Crippen LogP contribution in [0.1, 0.15) is 134 Å². The molecule has 8 aliphatic rings. The molecule has 6 aliphatic heterocycles. The van der Waals surface area contributed by atoms with Crippen molar-refractivity contribution in [2.75, 3.05) is 67.5 Å². The molecule has 3 atom stereocenters. The smallest absolute Gasteiger partial charge is 0.238 e. The maximum atomic E-state index is 15.3. The number of aromatic nitrogens is 4. The summed E-state index contributed by atoms with van der Waals surface area (Å²) in [5, 5.41) is 6.14. The Hall–Kier alpha value is -5.90. The van der Waals surface area contributed by atoms with E-state index in [1.165, 1.54) is 19.3 Å². The van der Waals surface area contributed by atoms with Crippen LogP contribution in [0.25, 0.3) is 22.3 Å². The predicted molar refractivity (Wildman–Crippen MR) is 275 cm³/mol. The molecular weight excluding hydrogens is 907 g/mol. The van der Waals surface area contributed by atoms with Gasteiger partial charge in [-0.15, -0.1) is 0 Å². The molecule has 1 aromatic carbocycles. The molecule has 72 heavy (non-hydrogen) atoms. The fourth-order valence-electron chi connectivity index (χ4n) is 13.5. The summed E-state index contributed by atoms with van der Waals surface area (Å²) in [5.74, 6) is 1.17. The van der Waals surface area contributed by atoms with E-state index < -0.39 is 5.41 Å². The minimum Gasteiger partial charge on any atom is -0.366 e. The molecule has 5 saturated heterocycles. The van der Waals surface area contributed by atoms with Gasteiger partial charge in [-0.3, -0.25) is 29.3 Å². The van der Waals surface area contributed by atoms with E-state index in [0.29, 0.717) is 83.5 Å². The first-order valence-corrected chi connectivity index (χ1v) is 27.4. The van der Waals surface area contributed by atoms with Crippen LogP contribution in [0, 0.1) is 17.8 Å². The quantitative estimate of drug-likeness (QED) is 0.161. The van der Waals surface area contributed by atoms with Gasteiger partial charge in [-0.25, -0.2) is 15.0 Å². The van der Waals surface area contributed by atoms with E-state index in [9.17, 15) is 19.2 Å². The highest BCUT2D eigenvalue weighted by Gasteiger charge is 2.56. The number of rotatable bonds is 10. The number of pyridine rings is 2. The number of hydrogen-bond acceptors (Lipinski definition) is 11. The lowest BCUT2D eigenvalue weighted by Gasteiger charge is -2.48. The Labute approximate surface area is 422 Å². The van der Waals surface area contributed by atoms with Crippen molar-refractivity contribution in [3.63, 3.8) is 0 Å². The third-order valence-electron chi connectivity index (χ3n) is 18.1. The lowest BCUT2D eigenvalue weighted by atomic mass is 9.73. The number of likely N-dealkylation sites (tertiary alicyclic amines) is 3. The van der Waals surface area contributed by atoms with E-state index in [2.05, 4.69) is 79.9 Å². The topological polar surface area (TPSA) is 169 Å². The van der Waals surface area contributed by atoms with Gasteiger partial charge >= 0.3 is 0 Å². The number of anilines is 3. The van der Waals surface area contributed by atoms with Crippen LogP contribution < -0.4 is 20.4 Å². The van der Waals surface area contributed by atoms with Crippen molar-refractivity contribution in [3.8, 4) is 11.3 Å². The van der Waals surface area contributed by atoms with Crippen molar-refractivity contribution < 1.29 is 24.0 Å². The predicted octanol–water partition coefficient (Wildman–Crippen LogP) is 6.79. The first kappa shape index (κ1) is 47.1. The van der Waals surface area contributed by atoms with Crippen LogP contribution in [0.5, 0.6) is 0 Å². The van der Waals surface area contributed by atoms with Crippen LogP contribution in [0.2, 0.25) is 0 Å². The summed E-state index contributed by atoms with van der Waals surface area (Å²) in [6.45, 7) is 12.4. The molecule has 12 rings (SSSR count). The minimum absolute atomic E-state index is 0.0272. The second-order valence-corrected chi connectivity index (χ2v) is 22.9. The largest absolute Gasteiger partial charge is 0.366 e. The Morgan fingerprint density at radius 2 is 1.58 bits per heavy atom. The fraction of sp³-hybridized carbons (Fsp3) is 0.607. The van der Waals surface area contributed by atoms with Crippen molar-refractivity contribution in [3.05, 3.63) is 60.0 Å². The van der Waals surface area contributed by atoms with Gasteiger partial charge < -0.3 is 34.4 Å². The summed E-state index contributed by atoms with van der Waals surface area (Å²) in [6, 6.07) is 13.9. The third kappa shape index (κ3) is 8.52. The molecule has 4 aromatic rings. The number of imidazole rings is 1. The molecule has 1 unspecified atom stereocenters. The molecule has 7 fully saturated rings. The van der Waals surface area contributed by atoms with Crippen molar-refractivity contribution in [2.24, 2.45) is 17.8 Å². The van der Waals surface area contributed by atoms with Gasteiger partial charge in [0.2, 0.25) is 29.5 Å². The first-order chi connectivity index (χ1) is 34.9. The number of hydrogen-bond donors (Lipinski definition) is 2. The number of carbonyl (C=O) groups is 5. The van der Waals surface area contributed by atoms with Crippen molar-refractivity contribution in [1.29, 1.82) is 0 Å². The highest BCUT2D eigenvalue weighted by Crippen LogP contribution is 2.52. The zero-order chi connectivity index (χ0) is 49.4. The van der Waals surface area contributed by atoms with Gasteiger partial charge in [0, 0.05) is 99.1 Å². The Kier molecular flexibility index (Phi) is 12.3. The lowest BCUT2D eigenvalue weighted by molar-refractivity contribution is -0.147. The van der Waals surface area contributed by atoms with Crippen LogP contribution in [0.4, 0.5) is 17.3 Å². The summed E-state index contributed by atoms with van der Waals surface area (Å²) in [7, 11) is 0. The van der Waals surface area contributed by atoms with Gasteiger partial charge in [0.15, 0.2) is 5.82 Å². The molecule has 16 heteroatoms. The number of imide groups is 1. The van der Waals surface area contributed by atoms with Gasteiger partial charge in [0.05, 0.1) is 28.9 Å². The van der Waals surface area contributed by atoms with Gasteiger partial charge in [0.1, 0.15) is 11.3 Å². The number of benzene rings is 1. The van der Waals surface area contributed by atoms with Crippen LogP contribution in [-0.4, -0.2) is 134 Å². The monoisotopic (exact) mass is 978 g/mol. The summed E-state index contributed by atoms with van der Waals surface area (Å²) in [5.41, 5.74) is 6.03. The fourth-order valence-corrected chi connectivity index (χ4v) is 13.5. The molecule has 9 heterocycles. The first-order valence-electron chi connectivity index (χ1n) is 27.4. The molecule has 2 saturated carbocycles. The molecule has 1 spiro atoms. The summed E-state index contributed by atoms with van der Waals surface area (Å²) in [6.07, 6.45) is 15.8. The van der Waals surface area contributed by atoms with Crippen LogP contribution in [0.3, 0.4) is 0 Å². The van der Waals surface area contributed by atoms with E-state index in [-0.39, 0.29) is 65.3 Å². The molecule has 2 aliphatic carbocycles. The van der Waals surface area contributed by atoms with E-state index in [4.69, 9.17) is 9.97 Å². The molecule has 380 valence electrons. The van der Waals surface area contributed by atoms with Gasteiger partial charge in [-0.05, 0) is 139 Å². The Bertz CT molecular complexity index is 2760. The number of carbonyl (C=O) groups excluding carboxylic acids is 5. The molecule has 3 aromatic heterocycles. The van der Waals surface area contributed by atoms with Gasteiger partial charge in [-0.1, -0.05) is 31.5 Å². The van der Waals surface area contributed by atoms with Crippen LogP contribution >= 0.6 is 0 Å². The van der Waals surface area contributed by atoms with Crippen molar-refractivity contribution in [2.45, 2.75) is 146 Å². The molecule has 0 radical (unpaired) electrons. The minimum atomic E-state index is -0.681. The second kappa shape index (κ2) is 18.9. The van der Waals surface area contributed by atoms with Crippen LogP contribution in [0.15, 0.2) is 48.9 Å². The zero-order valence-corrected chi connectivity index (χ0v) is 42.4. The van der Waals surface area contributed by atoms with Gasteiger partial charge in [-0.2, -0.15) is 0 Å². The number of nitrogens with zero attached hydrogens (tertiary/aromatic N) is 9. The number of piperidine rings is 5. The van der Waals surface area contributed by atoms with Crippen molar-refractivity contribution >= 4 is 57.9 Å². The molecule has 5 amide bonds. The van der Waals surface area contributed by atoms with E-state index in [1.807, 2.05) is 28.3 Å². The highest BCUT2D eigenvalue weighted by molar-refractivity contribution is 6.09. The summed E-state index contributed by atoms with van der Waals surface area (Å²) in [4.78, 5) is 93.6. The number of fused-ring (bicyclic) bond motifs is 3. The standard InChI is InChI=1S/C56H71N11O5/c1-34(2)66-33-58-46-30-45(60-51(50(46)66)59-39-9-10-39)37-7-12-44-47(27-37)67(41-28-40(29-41)62-20-5-4-6-21-62)55(72)56(44)18-25-64(26-19-56)54(71)42-17-24-65(32-35(42)3)53(70)36-15-22-63(23-16-36)48-13-8-38(31-57-48)43-11-14-49(68)61-52(43)69/h7-8,12-13,27,30-31,33-36,39-43H,4-6,9-11,14-26,28-29,32H2,1-3H3,(H,59,60)(H,61,68,69)/t35-,40?,41?,42+,43?/m1/s1. The molecule has 2 N–H and O–H groups in total. The normalized spacial score (nSPS) is 27.1. The highest BCUT2D eigenvalue weighted by atomic mass is 16.2. The average molecular weight is 978 g/mol. The molecule has 0 bridgehead atoms. The zero-order valence-electron chi connectivity index (χ0n) is 42.4. The lowest BCUT2D eigenvalue weighted by Crippen LogP contribution is -2.59.